The zero-order valence-corrected chi connectivity index (χ0v) is 29.5. The van der Waals surface area contributed by atoms with E-state index in [-0.39, 0.29) is 0 Å². The highest BCUT2D eigenvalue weighted by Crippen LogP contribution is 2.52. The van der Waals surface area contributed by atoms with E-state index in [1.165, 1.54) is 58.9 Å². The minimum absolute atomic E-state index is 0.927. The maximum absolute atomic E-state index is 5.30. The predicted octanol–water partition coefficient (Wildman–Crippen LogP) is 13.8. The summed E-state index contributed by atoms with van der Waals surface area (Å²) in [6.45, 7) is 0. The SMILES string of the molecule is c1ccc(-c2ccc(N3c4ccccc4Sc4cc(-c5nc6ccccc6n5-c5ccc6c7ccccc7c7ccccc7c6c5)ccc43)cc2)cc1. The number of rotatable bonds is 4. The molecule has 0 atom stereocenters. The lowest BCUT2D eigenvalue weighted by Gasteiger charge is -2.33. The molecule has 0 saturated heterocycles. The van der Waals surface area contributed by atoms with E-state index in [9.17, 15) is 0 Å². The smallest absolute Gasteiger partial charge is 0.145 e. The summed E-state index contributed by atoms with van der Waals surface area (Å²) in [6.07, 6.45) is 0. The third-order valence-electron chi connectivity index (χ3n) is 10.6. The van der Waals surface area contributed by atoms with Gasteiger partial charge in [0, 0.05) is 26.7 Å². The highest BCUT2D eigenvalue weighted by atomic mass is 32.2. The molecule has 2 heterocycles. The third-order valence-corrected chi connectivity index (χ3v) is 11.7. The van der Waals surface area contributed by atoms with Crippen molar-refractivity contribution >= 4 is 72.2 Å². The van der Waals surface area contributed by atoms with Crippen LogP contribution in [0.25, 0.3) is 71.6 Å². The van der Waals surface area contributed by atoms with E-state index in [0.717, 1.165) is 39.5 Å². The van der Waals surface area contributed by atoms with Gasteiger partial charge in [-0.05, 0) is 110 Å². The molecule has 1 aromatic heterocycles. The van der Waals surface area contributed by atoms with Crippen LogP contribution in [0.4, 0.5) is 17.1 Å². The van der Waals surface area contributed by atoms with Crippen molar-refractivity contribution in [1.29, 1.82) is 0 Å². The van der Waals surface area contributed by atoms with Gasteiger partial charge in [-0.25, -0.2) is 4.98 Å². The van der Waals surface area contributed by atoms with E-state index in [0.29, 0.717) is 0 Å². The molecule has 53 heavy (non-hydrogen) atoms. The number of para-hydroxylation sites is 3. The van der Waals surface area contributed by atoms with Crippen LogP contribution in [0.15, 0.2) is 198 Å². The summed E-state index contributed by atoms with van der Waals surface area (Å²) in [5, 5.41) is 7.59. The molecule has 0 amide bonds. The van der Waals surface area contributed by atoms with Gasteiger partial charge in [-0.1, -0.05) is 133 Å². The highest BCUT2D eigenvalue weighted by molar-refractivity contribution is 7.99. The molecule has 0 radical (unpaired) electrons. The van der Waals surface area contributed by atoms with Gasteiger partial charge in [0.2, 0.25) is 0 Å². The third kappa shape index (κ3) is 4.80. The van der Waals surface area contributed by atoms with Gasteiger partial charge in [0.15, 0.2) is 0 Å². The summed E-state index contributed by atoms with van der Waals surface area (Å²) in [4.78, 5) is 10.1. The van der Waals surface area contributed by atoms with Gasteiger partial charge < -0.3 is 4.90 Å². The molecular weight excluding hydrogens is 663 g/mol. The maximum atomic E-state index is 5.30. The second-order valence-corrected chi connectivity index (χ2v) is 14.7. The summed E-state index contributed by atoms with van der Waals surface area (Å²) in [7, 11) is 0. The van der Waals surface area contributed by atoms with Gasteiger partial charge >= 0.3 is 0 Å². The Morgan fingerprint density at radius 3 is 1.72 bits per heavy atom. The molecule has 1 aliphatic heterocycles. The van der Waals surface area contributed by atoms with Crippen LogP contribution in [0, 0.1) is 0 Å². The Morgan fingerprint density at radius 1 is 0.377 bits per heavy atom. The van der Waals surface area contributed by atoms with E-state index < -0.39 is 0 Å². The van der Waals surface area contributed by atoms with Crippen molar-refractivity contribution in [3.8, 4) is 28.2 Å². The molecule has 1 aliphatic rings. The van der Waals surface area contributed by atoms with Crippen molar-refractivity contribution in [3.63, 3.8) is 0 Å². The number of benzene rings is 9. The number of imidazole rings is 1. The summed E-state index contributed by atoms with van der Waals surface area (Å²) < 4.78 is 2.34. The van der Waals surface area contributed by atoms with Crippen LogP contribution in [0.2, 0.25) is 0 Å². The molecule has 248 valence electrons. The largest absolute Gasteiger partial charge is 0.308 e. The van der Waals surface area contributed by atoms with E-state index in [1.807, 2.05) is 11.8 Å². The number of anilines is 3. The van der Waals surface area contributed by atoms with Gasteiger partial charge in [0.1, 0.15) is 5.82 Å². The second kappa shape index (κ2) is 12.0. The summed E-state index contributed by atoms with van der Waals surface area (Å²) in [5.41, 5.74) is 10.1. The first-order chi connectivity index (χ1) is 26.3. The Bertz CT molecular complexity index is 3000. The molecule has 0 N–H and O–H groups in total. The van der Waals surface area contributed by atoms with E-state index in [2.05, 4.69) is 198 Å². The Hall–Kier alpha value is -6.62. The molecule has 11 rings (SSSR count). The number of aromatic nitrogens is 2. The van der Waals surface area contributed by atoms with Crippen molar-refractivity contribution in [2.45, 2.75) is 9.79 Å². The van der Waals surface area contributed by atoms with Gasteiger partial charge in [0.25, 0.3) is 0 Å². The van der Waals surface area contributed by atoms with E-state index in [1.54, 1.807) is 0 Å². The minimum Gasteiger partial charge on any atom is -0.308 e. The average molecular weight is 694 g/mol. The van der Waals surface area contributed by atoms with Crippen LogP contribution in [0.1, 0.15) is 0 Å². The molecule has 10 aromatic rings. The lowest BCUT2D eigenvalue weighted by Crippen LogP contribution is -2.14. The Labute approximate surface area is 311 Å². The molecule has 0 aliphatic carbocycles. The molecule has 0 saturated carbocycles. The summed E-state index contributed by atoms with van der Waals surface area (Å²) in [5.74, 6) is 0.927. The molecule has 0 fully saturated rings. The molecule has 3 nitrogen and oxygen atoms in total. The molecule has 9 aromatic carbocycles. The molecule has 0 spiro atoms. The Kier molecular flexibility index (Phi) is 6.79. The number of nitrogens with zero attached hydrogens (tertiary/aromatic N) is 3. The first-order valence-corrected chi connectivity index (χ1v) is 18.8. The van der Waals surface area contributed by atoms with Crippen molar-refractivity contribution in [1.82, 2.24) is 9.55 Å². The van der Waals surface area contributed by atoms with Crippen LogP contribution in [0.3, 0.4) is 0 Å². The Balaban J connectivity index is 1.08. The molecule has 0 bridgehead atoms. The summed E-state index contributed by atoms with van der Waals surface area (Å²) in [6, 6.07) is 67.9. The quantitative estimate of drug-likeness (QED) is 0.171. The first kappa shape index (κ1) is 30.0. The van der Waals surface area contributed by atoms with Gasteiger partial charge in [-0.2, -0.15) is 0 Å². The average Bonchev–Trinajstić information content (AvgIpc) is 3.63. The van der Waals surface area contributed by atoms with Gasteiger partial charge in [-0.15, -0.1) is 0 Å². The van der Waals surface area contributed by atoms with Crippen LogP contribution < -0.4 is 4.90 Å². The topological polar surface area (TPSA) is 21.1 Å². The number of fused-ring (bicyclic) bond motifs is 9. The lowest BCUT2D eigenvalue weighted by molar-refractivity contribution is 1.10. The minimum atomic E-state index is 0.927. The predicted molar refractivity (Wildman–Crippen MR) is 223 cm³/mol. The van der Waals surface area contributed by atoms with E-state index >= 15 is 0 Å². The Morgan fingerprint density at radius 2 is 0.943 bits per heavy atom. The van der Waals surface area contributed by atoms with Crippen LogP contribution in [0.5, 0.6) is 0 Å². The molecule has 0 unspecified atom stereocenters. The van der Waals surface area contributed by atoms with Crippen molar-refractivity contribution in [2.75, 3.05) is 4.90 Å². The fourth-order valence-electron chi connectivity index (χ4n) is 8.12. The lowest BCUT2D eigenvalue weighted by atomic mass is 9.94. The normalized spacial score (nSPS) is 12.4. The van der Waals surface area contributed by atoms with Crippen molar-refractivity contribution in [3.05, 3.63) is 188 Å². The standard InChI is InChI=1S/C49H31N3S/c1-2-12-32(13-3-1)33-22-25-35(26-23-33)51-45-20-10-11-21-47(45)53-48-30-34(24-29-46(48)51)49-50-43-18-8-9-19-44(43)52(49)36-27-28-41-39-16-5-4-14-37(39)38-15-6-7-17-40(38)42(41)31-36/h1-31H. The zero-order valence-electron chi connectivity index (χ0n) is 28.6. The zero-order chi connectivity index (χ0) is 34.9. The van der Waals surface area contributed by atoms with Crippen molar-refractivity contribution < 1.29 is 0 Å². The summed E-state index contributed by atoms with van der Waals surface area (Å²) >= 11 is 1.82. The van der Waals surface area contributed by atoms with Gasteiger partial charge in [0.05, 0.1) is 22.4 Å². The fourth-order valence-corrected chi connectivity index (χ4v) is 9.22. The number of hydrogen-bond donors (Lipinski definition) is 0. The van der Waals surface area contributed by atoms with Crippen molar-refractivity contribution in [2.24, 2.45) is 0 Å². The molecule has 4 heteroatoms. The monoisotopic (exact) mass is 693 g/mol. The maximum Gasteiger partial charge on any atom is 0.145 e. The van der Waals surface area contributed by atoms with Gasteiger partial charge in [-0.3, -0.25) is 4.57 Å². The van der Waals surface area contributed by atoms with Crippen LogP contribution in [-0.2, 0) is 0 Å². The molecular formula is C49H31N3S. The fraction of sp³-hybridized carbons (Fsp3) is 0. The van der Waals surface area contributed by atoms with E-state index in [4.69, 9.17) is 4.98 Å². The first-order valence-electron chi connectivity index (χ1n) is 18.0. The highest BCUT2D eigenvalue weighted by Gasteiger charge is 2.26. The van der Waals surface area contributed by atoms with Crippen LogP contribution in [-0.4, -0.2) is 9.55 Å². The second-order valence-electron chi connectivity index (χ2n) is 13.6. The van der Waals surface area contributed by atoms with Crippen LogP contribution >= 0.6 is 11.8 Å². The number of hydrogen-bond acceptors (Lipinski definition) is 3.